The van der Waals surface area contributed by atoms with Gasteiger partial charge in [-0.2, -0.15) is 10.0 Å². The van der Waals surface area contributed by atoms with Gasteiger partial charge in [0.2, 0.25) is 11.8 Å². The lowest BCUT2D eigenvalue weighted by atomic mass is 9.66. The van der Waals surface area contributed by atoms with Crippen molar-refractivity contribution >= 4 is 51.0 Å². The number of aliphatic hydroxyl groups excluding tert-OH is 1. The number of hydrogen-bond acceptors (Lipinski definition) is 8. The van der Waals surface area contributed by atoms with Crippen LogP contribution >= 0.6 is 11.6 Å². The van der Waals surface area contributed by atoms with Gasteiger partial charge in [-0.3, -0.25) is 19.4 Å². The number of nitriles is 1. The van der Waals surface area contributed by atoms with E-state index in [0.717, 1.165) is 4.90 Å². The molecule has 3 aliphatic heterocycles. The number of amides is 2. The van der Waals surface area contributed by atoms with Gasteiger partial charge in [-0.1, -0.05) is 11.6 Å². The number of carbonyl (C=O) groups is 2. The van der Waals surface area contributed by atoms with Gasteiger partial charge in [-0.05, 0) is 55.8 Å². The number of imide groups is 1. The van der Waals surface area contributed by atoms with E-state index >= 15 is 0 Å². The van der Waals surface area contributed by atoms with Crippen molar-refractivity contribution in [2.24, 2.45) is 11.8 Å². The molecule has 11 heteroatoms. The van der Waals surface area contributed by atoms with Crippen LogP contribution in [-0.2, 0) is 20.9 Å². The van der Waals surface area contributed by atoms with Crippen molar-refractivity contribution in [1.29, 1.82) is 5.26 Å². The summed E-state index contributed by atoms with van der Waals surface area (Å²) in [5.74, 6) is -2.70. The summed E-state index contributed by atoms with van der Waals surface area (Å²) in [5.41, 5.74) is -1.40. The molecule has 0 saturated carbocycles. The van der Waals surface area contributed by atoms with E-state index in [1.54, 1.807) is 43.5 Å². The Bertz CT molecular complexity index is 1840. The van der Waals surface area contributed by atoms with E-state index in [1.807, 2.05) is 0 Å². The van der Waals surface area contributed by atoms with Crippen molar-refractivity contribution in [2.45, 2.75) is 43.6 Å². The Labute approximate surface area is 225 Å². The Morgan fingerprint density at radius 1 is 1.15 bits per heavy atom. The van der Waals surface area contributed by atoms with Crippen LogP contribution in [0, 0.1) is 23.2 Å². The van der Waals surface area contributed by atoms with Crippen molar-refractivity contribution in [1.82, 2.24) is 9.72 Å². The van der Waals surface area contributed by atoms with Crippen LogP contribution in [0.15, 0.2) is 58.0 Å². The number of ether oxygens (including phenoxy) is 1. The van der Waals surface area contributed by atoms with E-state index in [0.29, 0.717) is 38.1 Å². The summed E-state index contributed by atoms with van der Waals surface area (Å²) in [7, 11) is 0. The molecule has 7 rings (SSSR count). The maximum Gasteiger partial charge on any atom is 0.290 e. The number of fused-ring (bicyclic) bond motifs is 7. The summed E-state index contributed by atoms with van der Waals surface area (Å²) in [6, 6.07) is 13.4. The van der Waals surface area contributed by atoms with Crippen LogP contribution in [0.25, 0.3) is 21.9 Å². The average Bonchev–Trinajstić information content (AvgIpc) is 3.57. The van der Waals surface area contributed by atoms with Gasteiger partial charge in [0.15, 0.2) is 5.58 Å². The predicted octanol–water partition coefficient (Wildman–Crippen LogP) is 3.16. The number of pyridine rings is 1. The first-order valence-electron chi connectivity index (χ1n) is 12.5. The van der Waals surface area contributed by atoms with Crippen molar-refractivity contribution in [3.05, 3.63) is 69.6 Å². The van der Waals surface area contributed by atoms with Gasteiger partial charge in [0, 0.05) is 23.0 Å². The van der Waals surface area contributed by atoms with Gasteiger partial charge in [0.05, 0.1) is 52.2 Å². The number of anilines is 1. The number of aliphatic hydroxyl groups is 1. The number of aromatic nitrogens is 2. The molecule has 2 amide bonds. The number of halogens is 1. The van der Waals surface area contributed by atoms with Crippen molar-refractivity contribution < 1.29 is 24.0 Å². The number of carbonyl (C=O) groups excluding carboxylic acids is 2. The zero-order valence-corrected chi connectivity index (χ0v) is 21.4. The fraction of sp³-hybridized carbons (Fsp3) is 0.321. The minimum Gasteiger partial charge on any atom is -0.390 e. The van der Waals surface area contributed by atoms with Crippen LogP contribution < -0.4 is 10.5 Å². The van der Waals surface area contributed by atoms with E-state index in [1.165, 1.54) is 16.9 Å². The Kier molecular flexibility index (Phi) is 4.92. The minimum absolute atomic E-state index is 0.0718. The Hall–Kier alpha value is -4.04. The van der Waals surface area contributed by atoms with E-state index in [9.17, 15) is 24.8 Å². The number of rotatable bonds is 4. The summed E-state index contributed by atoms with van der Waals surface area (Å²) >= 11 is 6.04. The lowest BCUT2D eigenvalue weighted by Gasteiger charge is -2.33. The highest BCUT2D eigenvalue weighted by Crippen LogP contribution is 2.62. The van der Waals surface area contributed by atoms with Gasteiger partial charge in [-0.25, -0.2) is 4.90 Å². The number of aryl methyl sites for hydroxylation is 1. The maximum atomic E-state index is 14.0. The molecule has 39 heavy (non-hydrogen) atoms. The van der Waals surface area contributed by atoms with Gasteiger partial charge in [0.25, 0.3) is 5.56 Å². The number of benzene rings is 2. The first kappa shape index (κ1) is 24.0. The van der Waals surface area contributed by atoms with Crippen LogP contribution in [0.5, 0.6) is 0 Å². The predicted molar refractivity (Wildman–Crippen MR) is 139 cm³/mol. The van der Waals surface area contributed by atoms with Crippen LogP contribution in [0.1, 0.15) is 25.3 Å². The first-order valence-corrected chi connectivity index (χ1v) is 12.9. The van der Waals surface area contributed by atoms with Crippen molar-refractivity contribution in [3.63, 3.8) is 0 Å². The average molecular weight is 545 g/mol. The lowest BCUT2D eigenvalue weighted by Crippen LogP contribution is -2.49. The summed E-state index contributed by atoms with van der Waals surface area (Å²) in [4.78, 5) is 46.3. The first-order chi connectivity index (χ1) is 18.7. The molecule has 2 aromatic heterocycles. The highest BCUT2D eigenvalue weighted by atomic mass is 35.5. The molecule has 4 aromatic rings. The second-order valence-corrected chi connectivity index (χ2v) is 11.0. The Morgan fingerprint density at radius 3 is 2.74 bits per heavy atom. The summed E-state index contributed by atoms with van der Waals surface area (Å²) < 4.78 is 13.3. The third-order valence-corrected chi connectivity index (χ3v) is 8.80. The number of hydrogen-bond donors (Lipinski definition) is 1. The van der Waals surface area contributed by atoms with Gasteiger partial charge in [0.1, 0.15) is 11.7 Å². The third kappa shape index (κ3) is 3.09. The number of nitrogens with zero attached hydrogens (tertiary/aromatic N) is 4. The largest absolute Gasteiger partial charge is 0.390 e. The molecule has 0 spiro atoms. The second kappa shape index (κ2) is 7.99. The van der Waals surface area contributed by atoms with Crippen LogP contribution in [0.3, 0.4) is 0 Å². The molecule has 196 valence electrons. The van der Waals surface area contributed by atoms with Gasteiger partial charge >= 0.3 is 0 Å². The van der Waals surface area contributed by atoms with Crippen molar-refractivity contribution in [3.8, 4) is 6.07 Å². The molecule has 0 aliphatic carbocycles. The van der Waals surface area contributed by atoms with Crippen molar-refractivity contribution in [2.75, 3.05) is 4.90 Å². The quantitative estimate of drug-likeness (QED) is 0.387. The summed E-state index contributed by atoms with van der Waals surface area (Å²) in [6.07, 6.45) is 0.857. The zero-order valence-electron chi connectivity index (χ0n) is 20.6. The molecule has 5 unspecified atom stereocenters. The van der Waals surface area contributed by atoms with Gasteiger partial charge in [-0.15, -0.1) is 0 Å². The molecular formula is C28H21ClN4O6. The highest BCUT2D eigenvalue weighted by Gasteiger charge is 2.77. The Balaban J connectivity index is 1.28. The molecular weight excluding hydrogens is 524 g/mol. The highest BCUT2D eigenvalue weighted by molar-refractivity contribution is 6.31. The molecule has 10 nitrogen and oxygen atoms in total. The lowest BCUT2D eigenvalue weighted by molar-refractivity contribution is -0.134. The molecule has 3 saturated heterocycles. The van der Waals surface area contributed by atoms with E-state index < -0.39 is 41.0 Å². The SMILES string of the molecule is CC12OC(CCn3oc4ccc(Cl)cc4c3=O)(CC1O)C1C(=O)N(c3ccc(C#N)c4ncccc34)C(=O)C12. The van der Waals surface area contributed by atoms with Crippen LogP contribution in [0.2, 0.25) is 5.02 Å². The fourth-order valence-corrected chi connectivity index (χ4v) is 6.96. The molecule has 5 heterocycles. The molecule has 5 atom stereocenters. The van der Waals surface area contributed by atoms with E-state index in [-0.39, 0.29) is 24.9 Å². The van der Waals surface area contributed by atoms with Crippen LogP contribution in [-0.4, -0.2) is 44.0 Å². The second-order valence-electron chi connectivity index (χ2n) is 10.6. The molecule has 0 radical (unpaired) electrons. The van der Waals surface area contributed by atoms with Crippen LogP contribution in [0.4, 0.5) is 5.69 Å². The fourth-order valence-electron chi connectivity index (χ4n) is 6.79. The molecule has 2 aromatic carbocycles. The standard InChI is InChI=1S/C28H21ClN4O6/c1-27-20(34)12-28(39-27,8-10-32-24(35)17-11-15(29)5-7-19(17)38-32)22-21(27)25(36)33(26(22)37)18-6-4-14(13-30)23-16(18)3-2-9-31-23/h2-7,9,11,20-22,34H,8,10,12H2,1H3. The molecule has 1 N–H and O–H groups in total. The smallest absolute Gasteiger partial charge is 0.290 e. The topological polar surface area (TPSA) is 139 Å². The normalized spacial score (nSPS) is 29.5. The molecule has 2 bridgehead atoms. The summed E-state index contributed by atoms with van der Waals surface area (Å²) in [5, 5.41) is 21.8. The maximum absolute atomic E-state index is 14.0. The molecule has 3 aliphatic rings. The van der Waals surface area contributed by atoms with E-state index in [2.05, 4.69) is 11.1 Å². The Morgan fingerprint density at radius 2 is 1.95 bits per heavy atom. The zero-order chi connectivity index (χ0) is 27.3. The molecule has 3 fully saturated rings. The third-order valence-electron chi connectivity index (χ3n) is 8.57. The van der Waals surface area contributed by atoms with Gasteiger partial charge < -0.3 is 14.4 Å². The monoisotopic (exact) mass is 544 g/mol. The summed E-state index contributed by atoms with van der Waals surface area (Å²) in [6.45, 7) is 1.73. The van der Waals surface area contributed by atoms with E-state index in [4.69, 9.17) is 20.9 Å². The minimum atomic E-state index is -1.28.